The van der Waals surface area contributed by atoms with Gasteiger partial charge in [-0.15, -0.1) is 0 Å². The molecule has 0 fully saturated rings. The summed E-state index contributed by atoms with van der Waals surface area (Å²) in [6.45, 7) is 0.107. The van der Waals surface area contributed by atoms with Crippen molar-refractivity contribution in [2.45, 2.75) is 24.9 Å². The molecule has 0 saturated carbocycles. The number of urea groups is 1. The van der Waals surface area contributed by atoms with Crippen LogP contribution in [0.2, 0.25) is 0 Å². The first-order valence-electron chi connectivity index (χ1n) is 8.11. The molecule has 3 N–H and O–H groups in total. The molecule has 6 nitrogen and oxygen atoms in total. The number of nitrogens with one attached hydrogen (secondary N) is 2. The molecule has 0 aromatic heterocycles. The molecule has 1 atom stereocenters. The van der Waals surface area contributed by atoms with Gasteiger partial charge in [0.25, 0.3) is 0 Å². The second kappa shape index (κ2) is 7.47. The van der Waals surface area contributed by atoms with Gasteiger partial charge >= 0.3 is 18.0 Å². The lowest BCUT2D eigenvalue weighted by Crippen LogP contribution is -2.45. The largest absolute Gasteiger partial charge is 0.458 e. The third-order valence-electron chi connectivity index (χ3n) is 4.02. The first-order valence-corrected chi connectivity index (χ1v) is 8.11. The molecule has 1 heterocycles. The molecule has 0 spiro atoms. The number of carbonyl (C=O) groups is 1. The van der Waals surface area contributed by atoms with Crippen molar-refractivity contribution in [1.29, 1.82) is 0 Å². The minimum Gasteiger partial charge on any atom is -0.350 e. The highest BCUT2D eigenvalue weighted by Gasteiger charge is 2.60. The Labute approximate surface area is 156 Å². The number of rotatable bonds is 4. The van der Waals surface area contributed by atoms with Crippen LogP contribution < -0.4 is 10.6 Å². The normalized spacial score (nSPS) is 19.0. The van der Waals surface area contributed by atoms with E-state index in [0.29, 0.717) is 11.1 Å². The summed E-state index contributed by atoms with van der Waals surface area (Å²) < 4.78 is 51.7. The number of para-hydroxylation sites is 1. The van der Waals surface area contributed by atoms with E-state index < -0.39 is 30.2 Å². The third-order valence-corrected chi connectivity index (χ3v) is 4.02. The first-order chi connectivity index (χ1) is 13.2. The van der Waals surface area contributed by atoms with Gasteiger partial charge in [-0.3, -0.25) is 0 Å². The van der Waals surface area contributed by atoms with Crippen molar-refractivity contribution in [3.8, 4) is 0 Å². The lowest BCUT2D eigenvalue weighted by molar-refractivity contribution is -0.355. The highest BCUT2D eigenvalue weighted by Crippen LogP contribution is 2.38. The summed E-state index contributed by atoms with van der Waals surface area (Å²) in [5, 5.41) is 17.7. The Morgan fingerprint density at radius 1 is 1.18 bits per heavy atom. The molecule has 0 saturated heterocycles. The SMILES string of the molecule is O=C(NCc1ccc(C2=NOC(O)(C(F)(F)F)C2)cc1)Nc1ccccc1F. The molecule has 1 aliphatic rings. The predicted molar refractivity (Wildman–Crippen MR) is 91.9 cm³/mol. The standard InChI is InChI=1S/C18H15F4N3O3/c19-13-3-1-2-4-14(13)24-16(26)23-10-11-5-7-12(8-6-11)15-9-17(27,28-25-15)18(20,21)22/h1-8,27H,9-10H2,(H2,23,24,26). The van der Waals surface area contributed by atoms with Gasteiger partial charge in [0.1, 0.15) is 5.82 Å². The fourth-order valence-corrected chi connectivity index (χ4v) is 2.46. The van der Waals surface area contributed by atoms with Crippen molar-refractivity contribution in [3.05, 3.63) is 65.5 Å². The van der Waals surface area contributed by atoms with E-state index in [4.69, 9.17) is 0 Å². The summed E-state index contributed by atoms with van der Waals surface area (Å²) >= 11 is 0. The lowest BCUT2D eigenvalue weighted by atomic mass is 10.0. The number of nitrogens with zero attached hydrogens (tertiary/aromatic N) is 1. The fourth-order valence-electron chi connectivity index (χ4n) is 2.46. The van der Waals surface area contributed by atoms with Gasteiger partial charge in [0.15, 0.2) is 0 Å². The number of halogens is 4. The van der Waals surface area contributed by atoms with Crippen molar-refractivity contribution in [2.24, 2.45) is 5.16 Å². The second-order valence-corrected chi connectivity index (χ2v) is 6.07. The maximum Gasteiger partial charge on any atom is 0.458 e. The lowest BCUT2D eigenvalue weighted by Gasteiger charge is -2.22. The van der Waals surface area contributed by atoms with Crippen LogP contribution in [0.3, 0.4) is 0 Å². The molecule has 148 valence electrons. The van der Waals surface area contributed by atoms with Crippen LogP contribution in [0.1, 0.15) is 17.5 Å². The highest BCUT2D eigenvalue weighted by atomic mass is 19.4. The van der Waals surface area contributed by atoms with E-state index in [1.54, 1.807) is 18.2 Å². The van der Waals surface area contributed by atoms with Gasteiger partial charge in [-0.25, -0.2) is 9.18 Å². The van der Waals surface area contributed by atoms with Crippen molar-refractivity contribution in [1.82, 2.24) is 5.32 Å². The van der Waals surface area contributed by atoms with E-state index in [1.165, 1.54) is 30.3 Å². The number of aliphatic hydroxyl groups is 1. The molecule has 10 heteroatoms. The minimum atomic E-state index is -4.96. The molecule has 2 aromatic carbocycles. The van der Waals surface area contributed by atoms with Crippen molar-refractivity contribution in [3.63, 3.8) is 0 Å². The maximum absolute atomic E-state index is 13.5. The van der Waals surface area contributed by atoms with E-state index in [-0.39, 0.29) is 17.9 Å². The van der Waals surface area contributed by atoms with Crippen LogP contribution in [-0.2, 0) is 11.4 Å². The van der Waals surface area contributed by atoms with E-state index in [9.17, 15) is 27.5 Å². The summed E-state index contributed by atoms with van der Waals surface area (Å²) in [4.78, 5) is 16.0. The van der Waals surface area contributed by atoms with Crippen LogP contribution in [0.4, 0.5) is 28.0 Å². The molecule has 0 bridgehead atoms. The van der Waals surface area contributed by atoms with Gasteiger partial charge in [0.2, 0.25) is 0 Å². The van der Waals surface area contributed by atoms with E-state index in [0.717, 1.165) is 0 Å². The van der Waals surface area contributed by atoms with Crippen molar-refractivity contribution in [2.75, 3.05) is 5.32 Å². The van der Waals surface area contributed by atoms with Gasteiger partial charge in [0.05, 0.1) is 17.8 Å². The fraction of sp³-hybridized carbons (Fsp3) is 0.222. The van der Waals surface area contributed by atoms with Gasteiger partial charge in [-0.1, -0.05) is 41.6 Å². The zero-order valence-electron chi connectivity index (χ0n) is 14.3. The van der Waals surface area contributed by atoms with Crippen LogP contribution >= 0.6 is 0 Å². The number of amides is 2. The summed E-state index contributed by atoms with van der Waals surface area (Å²) in [6.07, 6.45) is -5.78. The molecular formula is C18H15F4N3O3. The van der Waals surface area contributed by atoms with Gasteiger partial charge in [0, 0.05) is 6.54 Å². The van der Waals surface area contributed by atoms with Crippen LogP contribution in [0, 0.1) is 5.82 Å². The monoisotopic (exact) mass is 397 g/mol. The number of anilines is 1. The molecular weight excluding hydrogens is 382 g/mol. The van der Waals surface area contributed by atoms with Crippen molar-refractivity contribution < 1.29 is 32.3 Å². The molecule has 0 aliphatic carbocycles. The minimum absolute atomic E-state index is 0.0340. The van der Waals surface area contributed by atoms with Gasteiger partial charge < -0.3 is 20.6 Å². The Morgan fingerprint density at radius 2 is 1.86 bits per heavy atom. The van der Waals surface area contributed by atoms with Crippen LogP contribution in [0.5, 0.6) is 0 Å². The van der Waals surface area contributed by atoms with Gasteiger partial charge in [-0.05, 0) is 23.3 Å². The molecule has 1 unspecified atom stereocenters. The zero-order valence-corrected chi connectivity index (χ0v) is 14.3. The number of hydrogen-bond donors (Lipinski definition) is 3. The van der Waals surface area contributed by atoms with E-state index in [2.05, 4.69) is 20.6 Å². The number of hydrogen-bond acceptors (Lipinski definition) is 4. The summed E-state index contributed by atoms with van der Waals surface area (Å²) in [5.41, 5.74) is 0.987. The second-order valence-electron chi connectivity index (χ2n) is 6.07. The summed E-state index contributed by atoms with van der Waals surface area (Å²) in [6, 6.07) is 11.2. The number of oxime groups is 1. The Bertz CT molecular complexity index is 900. The Hall–Kier alpha value is -3.14. The van der Waals surface area contributed by atoms with Gasteiger partial charge in [-0.2, -0.15) is 13.2 Å². The summed E-state index contributed by atoms with van der Waals surface area (Å²) in [7, 11) is 0. The average Bonchev–Trinajstić information content (AvgIpc) is 3.06. The smallest absolute Gasteiger partial charge is 0.350 e. The highest BCUT2D eigenvalue weighted by molar-refractivity contribution is 6.01. The average molecular weight is 397 g/mol. The quantitative estimate of drug-likeness (QED) is 0.691. The third kappa shape index (κ3) is 4.22. The van der Waals surface area contributed by atoms with Crippen molar-refractivity contribution >= 4 is 17.4 Å². The van der Waals surface area contributed by atoms with Crippen LogP contribution in [-0.4, -0.2) is 28.8 Å². The molecule has 2 amide bonds. The molecule has 0 radical (unpaired) electrons. The predicted octanol–water partition coefficient (Wildman–Crippen LogP) is 3.52. The molecule has 1 aliphatic heterocycles. The summed E-state index contributed by atoms with van der Waals surface area (Å²) in [5.74, 6) is -3.90. The zero-order chi connectivity index (χ0) is 20.4. The van der Waals surface area contributed by atoms with E-state index >= 15 is 0 Å². The molecule has 3 rings (SSSR count). The Morgan fingerprint density at radius 3 is 2.46 bits per heavy atom. The number of alkyl halides is 3. The van der Waals surface area contributed by atoms with Crippen LogP contribution in [0.15, 0.2) is 53.7 Å². The van der Waals surface area contributed by atoms with E-state index in [1.807, 2.05) is 0 Å². The molecule has 28 heavy (non-hydrogen) atoms. The van der Waals surface area contributed by atoms with Crippen LogP contribution in [0.25, 0.3) is 0 Å². The topological polar surface area (TPSA) is 83.0 Å². The molecule has 2 aromatic rings. The number of carbonyl (C=O) groups excluding carboxylic acids is 1. The Kier molecular flexibility index (Phi) is 5.23. The first kappa shape index (κ1) is 19.6. The maximum atomic E-state index is 13.5. The Balaban J connectivity index is 1.55. The number of benzene rings is 2.